The summed E-state index contributed by atoms with van der Waals surface area (Å²) in [6.07, 6.45) is 2.52. The number of para-hydroxylation sites is 1. The molecule has 0 atom stereocenters. The molecular formula is C19H20N2O2. The van der Waals surface area contributed by atoms with E-state index in [1.165, 1.54) is 0 Å². The first kappa shape index (κ1) is 15.3. The lowest BCUT2D eigenvalue weighted by atomic mass is 10.0. The van der Waals surface area contributed by atoms with E-state index >= 15 is 0 Å². The van der Waals surface area contributed by atoms with Gasteiger partial charge in [-0.1, -0.05) is 54.5 Å². The van der Waals surface area contributed by atoms with Crippen LogP contribution in [0.3, 0.4) is 0 Å². The number of hydrogen-bond acceptors (Lipinski definition) is 4. The van der Waals surface area contributed by atoms with Gasteiger partial charge in [0.05, 0.1) is 7.11 Å². The number of hydrogen-bond donors (Lipinski definition) is 0. The summed E-state index contributed by atoms with van der Waals surface area (Å²) < 4.78 is 10.6. The van der Waals surface area contributed by atoms with Gasteiger partial charge < -0.3 is 9.26 Å². The van der Waals surface area contributed by atoms with Crippen molar-refractivity contribution in [2.75, 3.05) is 7.11 Å². The van der Waals surface area contributed by atoms with Crippen molar-refractivity contribution in [1.82, 2.24) is 10.1 Å². The highest BCUT2D eigenvalue weighted by atomic mass is 16.5. The van der Waals surface area contributed by atoms with Crippen molar-refractivity contribution >= 4 is 0 Å². The lowest BCUT2D eigenvalue weighted by Crippen LogP contribution is -1.92. The van der Waals surface area contributed by atoms with Crippen molar-refractivity contribution in [3.63, 3.8) is 0 Å². The zero-order chi connectivity index (χ0) is 16.1. The van der Waals surface area contributed by atoms with E-state index in [1.54, 1.807) is 7.11 Å². The molecule has 0 saturated carbocycles. The number of rotatable bonds is 6. The highest BCUT2D eigenvalue weighted by Gasteiger charge is 2.08. The van der Waals surface area contributed by atoms with Crippen molar-refractivity contribution in [2.45, 2.75) is 26.2 Å². The molecule has 0 aliphatic carbocycles. The molecule has 4 nitrogen and oxygen atoms in total. The summed E-state index contributed by atoms with van der Waals surface area (Å²) in [7, 11) is 1.69. The number of ether oxygens (including phenoxy) is 1. The Bertz CT molecular complexity index is 763. The molecule has 0 aliphatic rings. The molecule has 0 N–H and O–H groups in total. The summed E-state index contributed by atoms with van der Waals surface area (Å²) in [5.41, 5.74) is 3.38. The fraction of sp³-hybridized carbons (Fsp3) is 0.263. The smallest absolute Gasteiger partial charge is 0.226 e. The number of nitrogens with zero attached hydrogens (tertiary/aromatic N) is 2. The summed E-state index contributed by atoms with van der Waals surface area (Å²) in [5.74, 6) is 2.33. The molecule has 2 aromatic carbocycles. The molecule has 3 rings (SSSR count). The average Bonchev–Trinajstić information content (AvgIpc) is 3.03. The van der Waals surface area contributed by atoms with Gasteiger partial charge in [-0.2, -0.15) is 4.98 Å². The highest BCUT2D eigenvalue weighted by molar-refractivity contribution is 5.70. The Morgan fingerprint density at radius 3 is 2.57 bits per heavy atom. The molecule has 4 heteroatoms. The zero-order valence-electron chi connectivity index (χ0n) is 13.5. The van der Waals surface area contributed by atoms with Crippen LogP contribution in [0.25, 0.3) is 11.1 Å². The number of benzene rings is 2. The first-order valence-electron chi connectivity index (χ1n) is 7.84. The van der Waals surface area contributed by atoms with E-state index in [0.717, 1.165) is 41.1 Å². The fourth-order valence-corrected chi connectivity index (χ4v) is 2.55. The van der Waals surface area contributed by atoms with Crippen molar-refractivity contribution in [2.24, 2.45) is 0 Å². The van der Waals surface area contributed by atoms with E-state index in [2.05, 4.69) is 47.4 Å². The molecule has 1 heterocycles. The highest BCUT2D eigenvalue weighted by Crippen LogP contribution is 2.29. The van der Waals surface area contributed by atoms with Crippen LogP contribution in [-0.2, 0) is 12.8 Å². The van der Waals surface area contributed by atoms with Gasteiger partial charge in [0.15, 0.2) is 5.82 Å². The molecular weight excluding hydrogens is 288 g/mol. The van der Waals surface area contributed by atoms with Gasteiger partial charge in [-0.05, 0) is 23.6 Å². The summed E-state index contributed by atoms with van der Waals surface area (Å²) >= 11 is 0. The molecule has 118 valence electrons. The van der Waals surface area contributed by atoms with E-state index in [1.807, 2.05) is 18.2 Å². The lowest BCUT2D eigenvalue weighted by molar-refractivity contribution is 0.373. The zero-order valence-corrected chi connectivity index (χ0v) is 13.5. The molecule has 0 bridgehead atoms. The number of aromatic nitrogens is 2. The van der Waals surface area contributed by atoms with Crippen molar-refractivity contribution in [1.29, 1.82) is 0 Å². The van der Waals surface area contributed by atoms with E-state index < -0.39 is 0 Å². The third-order valence-corrected chi connectivity index (χ3v) is 3.71. The third kappa shape index (κ3) is 3.59. The normalized spacial score (nSPS) is 10.7. The van der Waals surface area contributed by atoms with Gasteiger partial charge >= 0.3 is 0 Å². The Morgan fingerprint density at radius 2 is 1.83 bits per heavy atom. The molecule has 0 saturated heterocycles. The number of methoxy groups -OCH3 is 1. The van der Waals surface area contributed by atoms with E-state index in [9.17, 15) is 0 Å². The maximum atomic E-state index is 5.42. The third-order valence-electron chi connectivity index (χ3n) is 3.71. The SMILES string of the molecule is CCCc1nc(Cc2ccc(-c3ccccc3OC)cc2)no1. The monoisotopic (exact) mass is 308 g/mol. The van der Waals surface area contributed by atoms with Crippen molar-refractivity contribution in [3.05, 3.63) is 65.8 Å². The molecule has 0 fully saturated rings. The fourth-order valence-electron chi connectivity index (χ4n) is 2.55. The molecule has 0 amide bonds. The molecule has 0 aliphatic heterocycles. The van der Waals surface area contributed by atoms with Crippen LogP contribution in [0.2, 0.25) is 0 Å². The molecule has 0 unspecified atom stereocenters. The van der Waals surface area contributed by atoms with Crippen LogP contribution in [0.5, 0.6) is 5.75 Å². The lowest BCUT2D eigenvalue weighted by Gasteiger charge is -2.08. The second-order valence-corrected chi connectivity index (χ2v) is 5.43. The van der Waals surface area contributed by atoms with Crippen LogP contribution >= 0.6 is 0 Å². The molecule has 3 aromatic rings. The Kier molecular flexibility index (Phi) is 4.71. The van der Waals surface area contributed by atoms with Crippen LogP contribution in [0.15, 0.2) is 53.1 Å². The van der Waals surface area contributed by atoms with Crippen LogP contribution in [-0.4, -0.2) is 17.3 Å². The Balaban J connectivity index is 1.76. The summed E-state index contributed by atoms with van der Waals surface area (Å²) in [6, 6.07) is 16.4. The van der Waals surface area contributed by atoms with Gasteiger partial charge in [0.2, 0.25) is 5.89 Å². The average molecular weight is 308 g/mol. The van der Waals surface area contributed by atoms with Gasteiger partial charge in [-0.3, -0.25) is 0 Å². The van der Waals surface area contributed by atoms with Crippen LogP contribution in [0, 0.1) is 0 Å². The second kappa shape index (κ2) is 7.09. The summed E-state index contributed by atoms with van der Waals surface area (Å²) in [6.45, 7) is 2.10. The van der Waals surface area contributed by atoms with Gasteiger partial charge in [0.25, 0.3) is 0 Å². The van der Waals surface area contributed by atoms with E-state index in [0.29, 0.717) is 12.3 Å². The Labute approximate surface area is 136 Å². The second-order valence-electron chi connectivity index (χ2n) is 5.43. The Morgan fingerprint density at radius 1 is 1.04 bits per heavy atom. The van der Waals surface area contributed by atoms with Gasteiger partial charge in [-0.15, -0.1) is 0 Å². The van der Waals surface area contributed by atoms with Gasteiger partial charge in [-0.25, -0.2) is 0 Å². The van der Waals surface area contributed by atoms with Crippen molar-refractivity contribution in [3.8, 4) is 16.9 Å². The van der Waals surface area contributed by atoms with Gasteiger partial charge in [0.1, 0.15) is 5.75 Å². The van der Waals surface area contributed by atoms with Gasteiger partial charge in [0, 0.05) is 18.4 Å². The molecule has 0 spiro atoms. The molecule has 0 radical (unpaired) electrons. The summed E-state index contributed by atoms with van der Waals surface area (Å²) in [4.78, 5) is 4.41. The van der Waals surface area contributed by atoms with E-state index in [-0.39, 0.29) is 0 Å². The standard InChI is InChI=1S/C19H20N2O2/c1-3-6-19-20-18(21-23-19)13-14-9-11-15(12-10-14)16-7-4-5-8-17(16)22-2/h4-5,7-12H,3,6,13H2,1-2H3. The summed E-state index contributed by atoms with van der Waals surface area (Å²) in [5, 5.41) is 4.03. The first-order valence-corrected chi connectivity index (χ1v) is 7.84. The Hall–Kier alpha value is -2.62. The van der Waals surface area contributed by atoms with Crippen LogP contribution < -0.4 is 4.74 Å². The predicted octanol–water partition coefficient (Wildman–Crippen LogP) is 4.29. The molecule has 23 heavy (non-hydrogen) atoms. The van der Waals surface area contributed by atoms with Crippen LogP contribution in [0.1, 0.15) is 30.6 Å². The minimum absolute atomic E-state index is 0.680. The topological polar surface area (TPSA) is 48.2 Å². The van der Waals surface area contributed by atoms with Crippen molar-refractivity contribution < 1.29 is 9.26 Å². The minimum Gasteiger partial charge on any atom is -0.496 e. The molecule has 1 aromatic heterocycles. The van der Waals surface area contributed by atoms with E-state index in [4.69, 9.17) is 9.26 Å². The largest absolute Gasteiger partial charge is 0.496 e. The quantitative estimate of drug-likeness (QED) is 0.681. The minimum atomic E-state index is 0.680. The maximum Gasteiger partial charge on any atom is 0.226 e. The first-order chi connectivity index (χ1) is 11.3. The number of aryl methyl sites for hydroxylation is 1. The van der Waals surface area contributed by atoms with Crippen LogP contribution in [0.4, 0.5) is 0 Å². The maximum absolute atomic E-state index is 5.42. The predicted molar refractivity (Wildman–Crippen MR) is 89.5 cm³/mol.